The molecule has 2 N–H and O–H groups in total. The lowest BCUT2D eigenvalue weighted by atomic mass is 10.4. The van der Waals surface area contributed by atoms with Crippen molar-refractivity contribution in [1.29, 1.82) is 0 Å². The first-order chi connectivity index (χ1) is 46.4. The fraction of sp³-hybridized carbons (Fsp3) is 0.508. The number of aryl methyl sites for hydroxylation is 19. The second kappa shape index (κ2) is 71.2. The second-order valence-corrected chi connectivity index (χ2v) is 24.0. The number of hydrogen-bond acceptors (Lipinski definition) is 30. The van der Waals surface area contributed by atoms with Crippen LogP contribution in [0.2, 0.25) is 0 Å². The van der Waals surface area contributed by atoms with Crippen molar-refractivity contribution in [2.45, 2.75) is 228 Å². The van der Waals surface area contributed by atoms with E-state index < -0.39 is 0 Å². The molecule has 0 saturated carbocycles. The molecule has 0 saturated heterocycles. The van der Waals surface area contributed by atoms with Crippen LogP contribution in [0.4, 0.5) is 0 Å². The Balaban J connectivity index is -0.000000228. The van der Waals surface area contributed by atoms with Crippen LogP contribution in [0.15, 0.2) is 89.3 Å². The summed E-state index contributed by atoms with van der Waals surface area (Å²) in [6.07, 6.45) is 15.7. The number of imidazole rings is 2. The van der Waals surface area contributed by atoms with Gasteiger partial charge in [0.25, 0.3) is 0 Å². The minimum Gasteiger partial charge on any atom is -0.426 e. The highest BCUT2D eigenvalue weighted by molar-refractivity contribution is 7.11. The molecule has 25 nitrogen and oxygen atoms in total. The zero-order valence-corrected chi connectivity index (χ0v) is 69.4. The molecule has 12 aromatic rings. The van der Waals surface area contributed by atoms with Crippen LogP contribution in [0.5, 0.6) is 0 Å². The van der Waals surface area contributed by atoms with Crippen LogP contribution in [0.1, 0.15) is 200 Å². The average molecular weight is 1470 g/mol. The van der Waals surface area contributed by atoms with E-state index >= 15 is 0 Å². The third-order valence-electron chi connectivity index (χ3n) is 9.15. The van der Waals surface area contributed by atoms with Gasteiger partial charge >= 0.3 is 0 Å². The molecule has 0 atom stereocenters. The Labute approximate surface area is 607 Å². The Bertz CT molecular complexity index is 2920. The van der Waals surface area contributed by atoms with Gasteiger partial charge in [0, 0.05) is 110 Å². The largest absolute Gasteiger partial charge is 0.426 e. The minimum absolute atomic E-state index is 0.623. The molecular weight excluding hydrogens is 1360 g/mol. The van der Waals surface area contributed by atoms with Gasteiger partial charge in [-0.15, -0.1) is 86.1 Å². The van der Waals surface area contributed by atoms with E-state index in [1.807, 2.05) is 242 Å². The van der Waals surface area contributed by atoms with E-state index in [9.17, 15) is 0 Å². The van der Waals surface area contributed by atoms with Gasteiger partial charge in [0.05, 0.1) is 33.7 Å². The number of rotatable bonds is 0. The molecule has 0 aliphatic carbocycles. The number of thiazole rings is 3. The van der Waals surface area contributed by atoms with Crippen molar-refractivity contribution in [3.05, 3.63) is 175 Å². The SMILES string of the molecule is CC.CC.CC.CC.CC.CC.CC1=CCC=N1.Cc1cnc[nH]1.Cc1cncs1.Cc1cscn1.Cc1ncc[nH]1.Cc1nccs1.Cc1nnc(C)o1.Cc1nnc(C)s1.Cc1nnoc1C.Cc1nnoc1C.Cc1nnsc1C.Cc1nnsc1C.Cc1nsc(C)n1. The molecule has 0 unspecified atom stereocenters. The van der Waals surface area contributed by atoms with Gasteiger partial charge in [-0.05, 0) is 159 Å². The number of nitrogens with zero attached hydrogens (tertiary/aromatic N) is 20. The lowest BCUT2D eigenvalue weighted by Crippen LogP contribution is -1.70. The third-order valence-corrected chi connectivity index (χ3v) is 14.2. The first kappa shape index (κ1) is 100. The van der Waals surface area contributed by atoms with Gasteiger partial charge in [0.2, 0.25) is 11.8 Å². The molecule has 32 heteroatoms. The molecule has 13 rings (SSSR count). The summed E-state index contributed by atoms with van der Waals surface area (Å²) >= 11 is 10.9. The summed E-state index contributed by atoms with van der Waals surface area (Å²) in [5.41, 5.74) is 10.8. The van der Waals surface area contributed by atoms with Crippen LogP contribution in [-0.4, -0.2) is 111 Å². The maximum atomic E-state index is 4.86. The zero-order valence-electron chi connectivity index (χ0n) is 63.7. The van der Waals surface area contributed by atoms with Crippen molar-refractivity contribution in [2.24, 2.45) is 4.99 Å². The van der Waals surface area contributed by atoms with Crippen molar-refractivity contribution in [1.82, 2.24) is 105 Å². The summed E-state index contributed by atoms with van der Waals surface area (Å²) in [4.78, 5) is 36.8. The monoisotopic (exact) mass is 1470 g/mol. The van der Waals surface area contributed by atoms with Crippen LogP contribution in [0.3, 0.4) is 0 Å². The quantitative estimate of drug-likeness (QED) is 0.142. The highest BCUT2D eigenvalue weighted by Gasteiger charge is 1.96. The molecule has 0 amide bonds. The minimum atomic E-state index is 0.623. The maximum absolute atomic E-state index is 4.86. The van der Waals surface area contributed by atoms with Gasteiger partial charge in [-0.1, -0.05) is 98.1 Å². The molecule has 97 heavy (non-hydrogen) atoms. The molecule has 0 aromatic carbocycles. The Kier molecular flexibility index (Phi) is 73.7. The topological polar surface area (TPSA) is 328 Å². The fourth-order valence-corrected chi connectivity index (χ4v) is 7.68. The van der Waals surface area contributed by atoms with Gasteiger partial charge in [-0.25, -0.2) is 15.0 Å². The summed E-state index contributed by atoms with van der Waals surface area (Å²) in [7, 11) is 0. The van der Waals surface area contributed by atoms with Gasteiger partial charge in [0.15, 0.2) is 11.5 Å². The molecule has 0 bridgehead atoms. The number of aromatic nitrogens is 21. The third kappa shape index (κ3) is 64.2. The van der Waals surface area contributed by atoms with E-state index in [4.69, 9.17) is 4.42 Å². The van der Waals surface area contributed by atoms with E-state index in [0.29, 0.717) is 11.8 Å². The van der Waals surface area contributed by atoms with Crippen molar-refractivity contribution in [3.8, 4) is 0 Å². The van der Waals surface area contributed by atoms with Crippen molar-refractivity contribution < 1.29 is 13.5 Å². The number of allylic oxidation sites excluding steroid dienone is 2. The summed E-state index contributed by atoms with van der Waals surface area (Å²) in [6, 6.07) is 0. The molecule has 0 fully saturated rings. The number of H-pyrrole nitrogens is 2. The van der Waals surface area contributed by atoms with Gasteiger partial charge in [-0.2, -0.15) is 4.37 Å². The Hall–Kier alpha value is -7.62. The molecule has 1 aliphatic heterocycles. The van der Waals surface area contributed by atoms with Gasteiger partial charge < -0.3 is 23.4 Å². The Morgan fingerprint density at radius 3 is 1.11 bits per heavy atom. The normalized spacial score (nSPS) is 9.01. The Morgan fingerprint density at radius 1 is 0.474 bits per heavy atom. The molecule has 12 aromatic heterocycles. The van der Waals surface area contributed by atoms with Crippen LogP contribution >= 0.6 is 79.9 Å². The fourth-order valence-electron chi connectivity index (χ4n) is 4.30. The first-order valence-corrected chi connectivity index (χ1v) is 37.3. The van der Waals surface area contributed by atoms with Gasteiger partial charge in [-0.3, -0.25) is 19.9 Å². The smallest absolute Gasteiger partial charge is 0.213 e. The molecule has 13 heterocycles. The number of hydrogen-bond donors (Lipinski definition) is 2. The molecule has 542 valence electrons. The first-order valence-electron chi connectivity index (χ1n) is 31.4. The predicted molar refractivity (Wildman–Crippen MR) is 411 cm³/mol. The van der Waals surface area contributed by atoms with Gasteiger partial charge in [0.1, 0.15) is 38.1 Å². The van der Waals surface area contributed by atoms with Crippen molar-refractivity contribution >= 4 is 86.2 Å². The van der Waals surface area contributed by atoms with Crippen LogP contribution < -0.4 is 0 Å². The summed E-state index contributed by atoms with van der Waals surface area (Å²) in [5, 5.41) is 44.4. The summed E-state index contributed by atoms with van der Waals surface area (Å²) in [5.74, 6) is 4.67. The van der Waals surface area contributed by atoms with E-state index in [1.54, 1.807) is 90.3 Å². The van der Waals surface area contributed by atoms with Crippen LogP contribution in [0, 0.1) is 132 Å². The zero-order chi connectivity index (χ0) is 75.4. The van der Waals surface area contributed by atoms with E-state index in [-0.39, 0.29) is 0 Å². The molecule has 0 radical (unpaired) electrons. The number of nitrogens with one attached hydrogen (secondary N) is 2. The molecule has 0 spiro atoms. The number of aliphatic imine (C=N–C) groups is 1. The van der Waals surface area contributed by atoms with E-state index in [1.165, 1.54) is 49.2 Å². The Morgan fingerprint density at radius 2 is 1.00 bits per heavy atom. The summed E-state index contributed by atoms with van der Waals surface area (Å²) in [6.45, 7) is 62.5. The van der Waals surface area contributed by atoms with E-state index in [2.05, 4.69) is 125 Å². The lowest BCUT2D eigenvalue weighted by molar-refractivity contribution is 0.373. The average Bonchev–Trinajstić information content (AvgIpc) is 2.61. The highest BCUT2D eigenvalue weighted by Crippen LogP contribution is 2.07. The van der Waals surface area contributed by atoms with Crippen molar-refractivity contribution in [2.75, 3.05) is 0 Å². The summed E-state index contributed by atoms with van der Waals surface area (Å²) < 4.78 is 25.4. The lowest BCUT2D eigenvalue weighted by Gasteiger charge is -1.74. The van der Waals surface area contributed by atoms with E-state index in [0.717, 1.165) is 89.5 Å². The van der Waals surface area contributed by atoms with Crippen LogP contribution in [-0.2, 0) is 0 Å². The maximum Gasteiger partial charge on any atom is 0.213 e. The number of aromatic amines is 2. The highest BCUT2D eigenvalue weighted by atomic mass is 32.1. The van der Waals surface area contributed by atoms with Crippen LogP contribution in [0.25, 0.3) is 0 Å². The molecular formula is C65H112N22O3S7. The second-order valence-electron chi connectivity index (χ2n) is 16.8. The van der Waals surface area contributed by atoms with Crippen molar-refractivity contribution in [3.63, 3.8) is 0 Å². The standard InChI is InChI=1S/C5H7N.3C4H6N2O.4C4H6N2S.2C4H6N2.3C4H5NS.6C2H6/c1-5-3-2-4-6-5;1-3-5-6-4(2)7-3;2*1-3-4(2)7-6-5-3;1-3-5-6-4(2)7-3;1-3-5-4(2)7-6-3;2*1-3-4(2)7-6-5-3;1-4-2-5-3-6-4;1-4-5-2-3-6-4;1-4-2-6-3-5-4;1-4-2-5-3-6-4;1-4-5-2-3-6-4;6*1-2/h3-4H,2H2,1H3;7*1-2H3;2*2-3H,1H3,(H,5,6);3*2-3H,1H3;6*1-2H3. The predicted octanol–water partition coefficient (Wildman–Crippen LogP) is 20.0. The molecule has 1 aliphatic rings.